The van der Waals surface area contributed by atoms with Crippen molar-refractivity contribution in [3.8, 4) is 0 Å². The van der Waals surface area contributed by atoms with Crippen LogP contribution in [0.15, 0.2) is 17.0 Å². The maximum absolute atomic E-state index is 13.5. The average molecular weight is 312 g/mol. The number of likely N-dealkylation sites (N-methyl/N-ethyl adjacent to an activating group) is 1. The lowest BCUT2D eigenvalue weighted by atomic mass is 10.3. The van der Waals surface area contributed by atoms with Crippen LogP contribution in [0.3, 0.4) is 0 Å². The first-order valence-corrected chi connectivity index (χ1v) is 6.98. The fourth-order valence-corrected chi connectivity index (χ4v) is 3.20. The van der Waals surface area contributed by atoms with Gasteiger partial charge < -0.3 is 5.73 Å². The Hall–Kier alpha value is -1.19. The largest absolute Gasteiger partial charge is 0.392 e. The van der Waals surface area contributed by atoms with E-state index in [0.29, 0.717) is 16.4 Å². The highest BCUT2D eigenvalue weighted by Crippen LogP contribution is 2.23. The molecule has 4 nitrogen and oxygen atoms in total. The minimum absolute atomic E-state index is 0.0874. The highest BCUT2D eigenvalue weighted by Gasteiger charge is 2.30. The number of rotatable bonds is 5. The van der Waals surface area contributed by atoms with Gasteiger partial charge in [-0.05, 0) is 0 Å². The first kappa shape index (κ1) is 15.9. The summed E-state index contributed by atoms with van der Waals surface area (Å²) in [6, 6.07) is 0.592. The summed E-state index contributed by atoms with van der Waals surface area (Å²) in [7, 11) is -4.48. The molecule has 19 heavy (non-hydrogen) atoms. The van der Waals surface area contributed by atoms with E-state index >= 15 is 0 Å². The molecule has 9 heteroatoms. The second kappa shape index (κ2) is 5.85. The van der Waals surface area contributed by atoms with Crippen LogP contribution in [0.4, 0.5) is 13.2 Å². The van der Waals surface area contributed by atoms with Gasteiger partial charge in [0, 0.05) is 18.7 Å². The molecule has 0 radical (unpaired) electrons. The van der Waals surface area contributed by atoms with Crippen molar-refractivity contribution in [2.45, 2.75) is 11.8 Å². The fourth-order valence-electron chi connectivity index (χ4n) is 1.45. The summed E-state index contributed by atoms with van der Waals surface area (Å²) < 4.78 is 64.6. The van der Waals surface area contributed by atoms with Crippen molar-refractivity contribution in [3.05, 3.63) is 29.6 Å². The molecule has 0 spiro atoms. The van der Waals surface area contributed by atoms with E-state index in [4.69, 9.17) is 5.73 Å². The fraction of sp³-hybridized carbons (Fsp3) is 0.300. The molecule has 0 aromatic heterocycles. The highest BCUT2D eigenvalue weighted by atomic mass is 32.2. The third-order valence-electron chi connectivity index (χ3n) is 2.25. The minimum atomic E-state index is -4.48. The van der Waals surface area contributed by atoms with E-state index in [9.17, 15) is 21.6 Å². The van der Waals surface area contributed by atoms with Crippen LogP contribution in [0.5, 0.6) is 0 Å². The van der Waals surface area contributed by atoms with Gasteiger partial charge in [0.15, 0.2) is 4.90 Å². The lowest BCUT2D eigenvalue weighted by Gasteiger charge is -2.20. The van der Waals surface area contributed by atoms with Crippen molar-refractivity contribution in [1.29, 1.82) is 0 Å². The van der Waals surface area contributed by atoms with Crippen LogP contribution >= 0.6 is 12.2 Å². The summed E-state index contributed by atoms with van der Waals surface area (Å²) in [5.74, 6) is -4.20. The molecule has 1 aromatic carbocycles. The molecule has 0 aliphatic carbocycles. The van der Waals surface area contributed by atoms with Crippen molar-refractivity contribution < 1.29 is 21.6 Å². The molecule has 0 aliphatic rings. The SMILES string of the molecule is CCN(CC(N)=S)S(=O)(=O)c1c(F)cc(F)cc1F. The first-order valence-electron chi connectivity index (χ1n) is 5.13. The number of benzene rings is 1. The number of nitrogens with two attached hydrogens (primary N) is 1. The van der Waals surface area contributed by atoms with Crippen LogP contribution in [0.25, 0.3) is 0 Å². The number of sulfonamides is 1. The van der Waals surface area contributed by atoms with Gasteiger partial charge in [-0.2, -0.15) is 4.31 Å². The molecule has 0 unspecified atom stereocenters. The summed E-state index contributed by atoms with van der Waals surface area (Å²) in [4.78, 5) is -1.36. The van der Waals surface area contributed by atoms with Crippen molar-refractivity contribution in [1.82, 2.24) is 4.31 Å². The molecule has 1 aromatic rings. The standard InChI is InChI=1S/C10H11F3N2O2S2/c1-2-15(5-9(14)18)19(16,17)10-7(12)3-6(11)4-8(10)13/h3-4H,2,5H2,1H3,(H2,14,18). The van der Waals surface area contributed by atoms with Gasteiger partial charge in [-0.15, -0.1) is 0 Å². The Morgan fingerprint density at radius 3 is 2.16 bits per heavy atom. The second-order valence-electron chi connectivity index (χ2n) is 3.60. The smallest absolute Gasteiger partial charge is 0.249 e. The molecule has 1 rings (SSSR count). The maximum atomic E-state index is 13.5. The topological polar surface area (TPSA) is 63.4 Å². The van der Waals surface area contributed by atoms with E-state index in [1.807, 2.05) is 0 Å². The summed E-state index contributed by atoms with van der Waals surface area (Å²) in [6.45, 7) is 1.01. The minimum Gasteiger partial charge on any atom is -0.392 e. The molecule has 0 aliphatic heterocycles. The van der Waals surface area contributed by atoms with Gasteiger partial charge >= 0.3 is 0 Å². The molecule has 0 heterocycles. The average Bonchev–Trinajstić information content (AvgIpc) is 2.23. The number of hydrogen-bond acceptors (Lipinski definition) is 3. The number of hydrogen-bond donors (Lipinski definition) is 1. The maximum Gasteiger partial charge on any atom is 0.249 e. The second-order valence-corrected chi connectivity index (χ2v) is 6.00. The summed E-state index contributed by atoms with van der Waals surface area (Å²) in [5.41, 5.74) is 5.22. The van der Waals surface area contributed by atoms with E-state index in [-0.39, 0.29) is 18.1 Å². The lowest BCUT2D eigenvalue weighted by Crippen LogP contribution is -2.38. The Morgan fingerprint density at radius 1 is 1.32 bits per heavy atom. The van der Waals surface area contributed by atoms with Gasteiger partial charge in [0.25, 0.3) is 0 Å². The first-order chi connectivity index (χ1) is 8.70. The van der Waals surface area contributed by atoms with E-state index in [1.54, 1.807) is 0 Å². The number of nitrogens with zero attached hydrogens (tertiary/aromatic N) is 1. The van der Waals surface area contributed by atoms with E-state index < -0.39 is 32.4 Å². The lowest BCUT2D eigenvalue weighted by molar-refractivity contribution is 0.444. The van der Waals surface area contributed by atoms with Crippen molar-refractivity contribution in [3.63, 3.8) is 0 Å². The monoisotopic (exact) mass is 312 g/mol. The zero-order chi connectivity index (χ0) is 14.8. The quantitative estimate of drug-likeness (QED) is 0.835. The molecule has 0 amide bonds. The van der Waals surface area contributed by atoms with Gasteiger partial charge in [-0.3, -0.25) is 0 Å². The van der Waals surface area contributed by atoms with Crippen molar-refractivity contribution in [2.24, 2.45) is 5.73 Å². The molecule has 0 fully saturated rings. The van der Waals surface area contributed by atoms with E-state index in [1.165, 1.54) is 6.92 Å². The Balaban J connectivity index is 3.38. The third kappa shape index (κ3) is 3.43. The van der Waals surface area contributed by atoms with Gasteiger partial charge in [-0.1, -0.05) is 19.1 Å². The number of halogens is 3. The van der Waals surface area contributed by atoms with Gasteiger partial charge in [0.05, 0.1) is 11.5 Å². The Kier molecular flexibility index (Phi) is 4.88. The zero-order valence-corrected chi connectivity index (χ0v) is 11.5. The third-order valence-corrected chi connectivity index (χ3v) is 4.35. The predicted molar refractivity (Wildman–Crippen MR) is 67.5 cm³/mol. The molecular weight excluding hydrogens is 301 g/mol. The van der Waals surface area contributed by atoms with Crippen LogP contribution in [-0.4, -0.2) is 30.8 Å². The molecule has 2 N–H and O–H groups in total. The summed E-state index contributed by atoms with van der Waals surface area (Å²) in [6.07, 6.45) is 0. The van der Waals surface area contributed by atoms with Crippen LogP contribution in [-0.2, 0) is 10.0 Å². The summed E-state index contributed by atoms with van der Waals surface area (Å²) in [5, 5.41) is 0. The predicted octanol–water partition coefficient (Wildman–Crippen LogP) is 1.40. The molecular formula is C10H11F3N2O2S2. The van der Waals surface area contributed by atoms with E-state index in [0.717, 1.165) is 0 Å². The highest BCUT2D eigenvalue weighted by molar-refractivity contribution is 7.89. The van der Waals surface area contributed by atoms with Crippen LogP contribution in [0.1, 0.15) is 6.92 Å². The molecule has 0 bridgehead atoms. The summed E-state index contributed by atoms with van der Waals surface area (Å²) >= 11 is 4.57. The van der Waals surface area contributed by atoms with Gasteiger partial charge in [0.1, 0.15) is 17.5 Å². The van der Waals surface area contributed by atoms with Crippen LogP contribution in [0.2, 0.25) is 0 Å². The number of thiocarbonyl (C=S) groups is 1. The van der Waals surface area contributed by atoms with Crippen molar-refractivity contribution >= 4 is 27.2 Å². The molecule has 106 valence electrons. The Morgan fingerprint density at radius 2 is 1.79 bits per heavy atom. The molecule has 0 atom stereocenters. The normalized spacial score (nSPS) is 11.8. The van der Waals surface area contributed by atoms with Gasteiger partial charge in [0.2, 0.25) is 10.0 Å². The van der Waals surface area contributed by atoms with E-state index in [2.05, 4.69) is 12.2 Å². The van der Waals surface area contributed by atoms with Crippen LogP contribution < -0.4 is 5.73 Å². The van der Waals surface area contributed by atoms with Crippen LogP contribution in [0, 0.1) is 17.5 Å². The van der Waals surface area contributed by atoms with Gasteiger partial charge in [-0.25, -0.2) is 21.6 Å². The Bertz CT molecular complexity index is 582. The molecule has 0 saturated carbocycles. The zero-order valence-electron chi connectivity index (χ0n) is 9.86. The Labute approximate surface area is 114 Å². The van der Waals surface area contributed by atoms with Crippen molar-refractivity contribution in [2.75, 3.05) is 13.1 Å². The molecule has 0 saturated heterocycles.